The molecule has 118 valence electrons. The van der Waals surface area contributed by atoms with E-state index in [1.165, 1.54) is 4.68 Å². The van der Waals surface area contributed by atoms with E-state index in [1.54, 1.807) is 24.7 Å². The Morgan fingerprint density at radius 1 is 1.43 bits per heavy atom. The Hall–Kier alpha value is -2.22. The summed E-state index contributed by atoms with van der Waals surface area (Å²) >= 11 is 3.11. The van der Waals surface area contributed by atoms with Crippen LogP contribution in [0.1, 0.15) is 23.9 Å². The molecule has 0 fully saturated rings. The zero-order valence-electron chi connectivity index (χ0n) is 11.9. The molecule has 1 unspecified atom stereocenters. The van der Waals surface area contributed by atoms with Crippen LogP contribution >= 0.6 is 15.9 Å². The summed E-state index contributed by atoms with van der Waals surface area (Å²) in [5.74, 6) is -1.56. The van der Waals surface area contributed by atoms with Gasteiger partial charge in [0.05, 0.1) is 16.5 Å². The van der Waals surface area contributed by atoms with Crippen LogP contribution in [0, 0.1) is 5.82 Å². The number of aliphatic carboxylic acids is 1. The molecular weight excluding hydrogens is 367 g/mol. The highest BCUT2D eigenvalue weighted by Crippen LogP contribution is 2.29. The van der Waals surface area contributed by atoms with Gasteiger partial charge < -0.3 is 9.67 Å². The maximum absolute atomic E-state index is 14.1. The minimum absolute atomic E-state index is 0.140. The molecule has 1 aliphatic heterocycles. The van der Waals surface area contributed by atoms with Gasteiger partial charge in [0.15, 0.2) is 11.9 Å². The normalized spacial score (nSPS) is 15.0. The number of carbonyl (C=O) groups is 1. The van der Waals surface area contributed by atoms with Gasteiger partial charge in [-0.1, -0.05) is 0 Å². The van der Waals surface area contributed by atoms with Crippen molar-refractivity contribution in [3.8, 4) is 0 Å². The molecule has 0 saturated carbocycles. The first kappa shape index (κ1) is 14.4. The SMILES string of the molecule is O=C(O)C(c1ncn2c1CCC2)n1cc2ccc(Br)c(F)c2n1. The standard InChI is InChI=1S/C15H12BrFN4O2/c16-9-4-3-8-6-21(19-12(8)11(9)17)14(15(22)23)13-10-2-1-5-20(10)7-18-13/h3-4,6-7,14H,1-2,5H2,(H,22,23). The topological polar surface area (TPSA) is 72.9 Å². The van der Waals surface area contributed by atoms with Gasteiger partial charge in [-0.3, -0.25) is 4.68 Å². The average Bonchev–Trinajstić information content (AvgIpc) is 3.19. The predicted octanol–water partition coefficient (Wildman–Crippen LogP) is 2.75. The summed E-state index contributed by atoms with van der Waals surface area (Å²) in [5.41, 5.74) is 1.53. The third-order valence-electron chi connectivity index (χ3n) is 4.14. The second-order valence-electron chi connectivity index (χ2n) is 5.52. The van der Waals surface area contributed by atoms with Gasteiger partial charge in [0.25, 0.3) is 0 Å². The Labute approximate surface area is 138 Å². The second kappa shape index (κ2) is 5.16. The molecule has 3 heterocycles. The van der Waals surface area contributed by atoms with E-state index in [0.717, 1.165) is 25.1 Å². The molecule has 6 nitrogen and oxygen atoms in total. The van der Waals surface area contributed by atoms with Crippen LogP contribution in [0.5, 0.6) is 0 Å². The third-order valence-corrected chi connectivity index (χ3v) is 4.75. The number of aryl methyl sites for hydroxylation is 1. The number of carboxylic acids is 1. The molecule has 0 bridgehead atoms. The van der Waals surface area contributed by atoms with Crippen molar-refractivity contribution in [2.24, 2.45) is 0 Å². The smallest absolute Gasteiger partial charge is 0.334 e. The summed E-state index contributed by atoms with van der Waals surface area (Å²) in [5, 5.41) is 14.4. The van der Waals surface area contributed by atoms with Crippen LogP contribution in [0.25, 0.3) is 10.9 Å². The summed E-state index contributed by atoms with van der Waals surface area (Å²) in [4.78, 5) is 16.1. The Morgan fingerprint density at radius 2 is 2.26 bits per heavy atom. The molecule has 4 rings (SSSR count). The van der Waals surface area contributed by atoms with Crippen molar-refractivity contribution in [2.45, 2.75) is 25.4 Å². The van der Waals surface area contributed by atoms with Crippen LogP contribution in [-0.4, -0.2) is 30.4 Å². The lowest BCUT2D eigenvalue weighted by atomic mass is 10.1. The van der Waals surface area contributed by atoms with E-state index < -0.39 is 17.8 Å². The molecule has 2 aromatic heterocycles. The zero-order valence-corrected chi connectivity index (χ0v) is 13.5. The summed E-state index contributed by atoms with van der Waals surface area (Å²) in [6, 6.07) is 2.21. The molecule has 0 amide bonds. The van der Waals surface area contributed by atoms with Gasteiger partial charge in [0.1, 0.15) is 5.52 Å². The first-order valence-electron chi connectivity index (χ1n) is 7.16. The van der Waals surface area contributed by atoms with E-state index in [1.807, 2.05) is 4.57 Å². The summed E-state index contributed by atoms with van der Waals surface area (Å²) < 4.78 is 17.7. The Kier molecular flexibility index (Phi) is 3.22. The average molecular weight is 379 g/mol. The van der Waals surface area contributed by atoms with Gasteiger partial charge in [0, 0.05) is 23.8 Å². The van der Waals surface area contributed by atoms with Crippen molar-refractivity contribution in [1.82, 2.24) is 19.3 Å². The van der Waals surface area contributed by atoms with Crippen molar-refractivity contribution >= 4 is 32.8 Å². The first-order valence-corrected chi connectivity index (χ1v) is 7.95. The molecule has 0 aliphatic carbocycles. The number of benzene rings is 1. The van der Waals surface area contributed by atoms with Crippen molar-refractivity contribution in [3.63, 3.8) is 0 Å². The number of imidazole rings is 1. The number of halogens is 2. The molecule has 0 saturated heterocycles. The maximum Gasteiger partial charge on any atom is 0.334 e. The predicted molar refractivity (Wildman–Crippen MR) is 83.7 cm³/mol. The highest BCUT2D eigenvalue weighted by atomic mass is 79.9. The minimum Gasteiger partial charge on any atom is -0.479 e. The van der Waals surface area contributed by atoms with Crippen molar-refractivity contribution < 1.29 is 14.3 Å². The van der Waals surface area contributed by atoms with Crippen LogP contribution < -0.4 is 0 Å². The van der Waals surface area contributed by atoms with E-state index in [2.05, 4.69) is 26.0 Å². The minimum atomic E-state index is -1.06. The fraction of sp³-hybridized carbons (Fsp3) is 0.267. The maximum atomic E-state index is 14.1. The van der Waals surface area contributed by atoms with Crippen molar-refractivity contribution in [1.29, 1.82) is 0 Å². The Balaban J connectivity index is 1.88. The molecule has 1 aliphatic rings. The van der Waals surface area contributed by atoms with Crippen LogP contribution in [0.4, 0.5) is 4.39 Å². The quantitative estimate of drug-likeness (QED) is 0.760. The molecule has 1 N–H and O–H groups in total. The number of hydrogen-bond acceptors (Lipinski definition) is 3. The molecule has 1 aromatic carbocycles. The number of rotatable bonds is 3. The van der Waals surface area contributed by atoms with Crippen molar-refractivity contribution in [2.75, 3.05) is 0 Å². The third kappa shape index (κ3) is 2.16. The number of hydrogen-bond donors (Lipinski definition) is 1. The first-order chi connectivity index (χ1) is 11.1. The summed E-state index contributed by atoms with van der Waals surface area (Å²) in [7, 11) is 0. The van der Waals surface area contributed by atoms with Gasteiger partial charge >= 0.3 is 5.97 Å². The van der Waals surface area contributed by atoms with E-state index >= 15 is 0 Å². The van der Waals surface area contributed by atoms with Gasteiger partial charge in [-0.15, -0.1) is 0 Å². The molecule has 0 spiro atoms. The lowest BCUT2D eigenvalue weighted by Crippen LogP contribution is -2.22. The fourth-order valence-electron chi connectivity index (χ4n) is 3.07. The molecule has 3 aromatic rings. The molecule has 23 heavy (non-hydrogen) atoms. The number of carboxylic acid groups (broad SMARTS) is 1. The number of fused-ring (bicyclic) bond motifs is 2. The molecule has 0 radical (unpaired) electrons. The van der Waals surface area contributed by atoms with E-state index in [0.29, 0.717) is 15.6 Å². The molecule has 1 atom stereocenters. The lowest BCUT2D eigenvalue weighted by Gasteiger charge is -2.12. The molecular formula is C15H12BrFN4O2. The molecule has 8 heteroatoms. The lowest BCUT2D eigenvalue weighted by molar-refractivity contribution is -0.139. The highest BCUT2D eigenvalue weighted by Gasteiger charge is 2.31. The summed E-state index contributed by atoms with van der Waals surface area (Å²) in [6.07, 6.45) is 4.97. The van der Waals surface area contributed by atoms with Crippen LogP contribution in [0.2, 0.25) is 0 Å². The largest absolute Gasteiger partial charge is 0.479 e. The van der Waals surface area contributed by atoms with Gasteiger partial charge in [-0.25, -0.2) is 14.2 Å². The number of aromatic nitrogens is 4. The zero-order chi connectivity index (χ0) is 16.1. The van der Waals surface area contributed by atoms with Crippen LogP contribution in [0.3, 0.4) is 0 Å². The Morgan fingerprint density at radius 3 is 3.04 bits per heavy atom. The van der Waals surface area contributed by atoms with Gasteiger partial charge in [-0.2, -0.15) is 5.10 Å². The Bertz CT molecular complexity index is 933. The van der Waals surface area contributed by atoms with E-state index in [-0.39, 0.29) is 5.52 Å². The van der Waals surface area contributed by atoms with E-state index in [4.69, 9.17) is 0 Å². The van der Waals surface area contributed by atoms with E-state index in [9.17, 15) is 14.3 Å². The number of nitrogens with zero attached hydrogens (tertiary/aromatic N) is 4. The van der Waals surface area contributed by atoms with Gasteiger partial charge in [-0.05, 0) is 40.9 Å². The fourth-order valence-corrected chi connectivity index (χ4v) is 3.39. The van der Waals surface area contributed by atoms with Gasteiger partial charge in [0.2, 0.25) is 0 Å². The van der Waals surface area contributed by atoms with Crippen LogP contribution in [0.15, 0.2) is 29.1 Å². The monoisotopic (exact) mass is 378 g/mol. The van der Waals surface area contributed by atoms with Crippen molar-refractivity contribution in [3.05, 3.63) is 46.3 Å². The van der Waals surface area contributed by atoms with Crippen LogP contribution in [-0.2, 0) is 17.8 Å². The highest BCUT2D eigenvalue weighted by molar-refractivity contribution is 9.10. The summed E-state index contributed by atoms with van der Waals surface area (Å²) in [6.45, 7) is 0.845. The second-order valence-corrected chi connectivity index (χ2v) is 6.38.